The fraction of sp³-hybridized carbons (Fsp3) is 0.667. The summed E-state index contributed by atoms with van der Waals surface area (Å²) in [4.78, 5) is 2.70. The van der Waals surface area contributed by atoms with Gasteiger partial charge in [0.05, 0.1) is 0 Å². The lowest BCUT2D eigenvalue weighted by atomic mass is 10.00. The molecule has 0 saturated carbocycles. The molecule has 112 valence electrons. The van der Waals surface area contributed by atoms with Crippen molar-refractivity contribution in [2.75, 3.05) is 13.1 Å². The van der Waals surface area contributed by atoms with Crippen LogP contribution in [0.1, 0.15) is 51.2 Å². The lowest BCUT2D eigenvalue weighted by Gasteiger charge is -2.40. The summed E-state index contributed by atoms with van der Waals surface area (Å²) in [6.45, 7) is 10.3. The number of piperazine rings is 1. The third-order valence-corrected chi connectivity index (χ3v) is 4.59. The number of aryl methyl sites for hydroxylation is 1. The average Bonchev–Trinajstić information content (AvgIpc) is 2.48. The first-order valence-electron chi connectivity index (χ1n) is 8.32. The van der Waals surface area contributed by atoms with E-state index in [1.54, 1.807) is 0 Å². The number of nitrogens with zero attached hydrogens (tertiary/aromatic N) is 1. The Morgan fingerprint density at radius 3 is 2.55 bits per heavy atom. The van der Waals surface area contributed by atoms with E-state index in [9.17, 15) is 0 Å². The van der Waals surface area contributed by atoms with Crippen LogP contribution in [0.2, 0.25) is 0 Å². The molecule has 0 bridgehead atoms. The molecule has 1 fully saturated rings. The van der Waals surface area contributed by atoms with Crippen molar-refractivity contribution in [3.63, 3.8) is 0 Å². The van der Waals surface area contributed by atoms with Crippen molar-refractivity contribution in [3.05, 3.63) is 35.4 Å². The quantitative estimate of drug-likeness (QED) is 0.852. The van der Waals surface area contributed by atoms with Gasteiger partial charge in [-0.05, 0) is 30.4 Å². The molecule has 1 aliphatic heterocycles. The summed E-state index contributed by atoms with van der Waals surface area (Å²) in [6.07, 6.45) is 4.94. The lowest BCUT2D eigenvalue weighted by Crippen LogP contribution is -2.55. The van der Waals surface area contributed by atoms with E-state index in [0.717, 1.165) is 19.5 Å². The van der Waals surface area contributed by atoms with E-state index >= 15 is 0 Å². The molecule has 2 nitrogen and oxygen atoms in total. The van der Waals surface area contributed by atoms with Crippen molar-refractivity contribution in [1.82, 2.24) is 10.2 Å². The average molecular weight is 274 g/mol. The van der Waals surface area contributed by atoms with Crippen LogP contribution in [0.25, 0.3) is 0 Å². The standard InChI is InChI=1S/C18H30N2/c1-4-9-17-14-20(18(6-3)12-19-17)13-16-11-8-7-10-15(16)5-2/h7-8,10-11,17-19H,4-6,9,12-14H2,1-3H3. The molecular formula is C18H30N2. The van der Waals surface area contributed by atoms with Crippen molar-refractivity contribution in [2.24, 2.45) is 0 Å². The zero-order valence-corrected chi connectivity index (χ0v) is 13.4. The number of hydrogen-bond donors (Lipinski definition) is 1. The van der Waals surface area contributed by atoms with Gasteiger partial charge in [0, 0.05) is 31.7 Å². The van der Waals surface area contributed by atoms with Crippen molar-refractivity contribution in [3.8, 4) is 0 Å². The van der Waals surface area contributed by atoms with Gasteiger partial charge in [-0.25, -0.2) is 0 Å². The summed E-state index contributed by atoms with van der Waals surface area (Å²) >= 11 is 0. The van der Waals surface area contributed by atoms with Crippen LogP contribution in [0.5, 0.6) is 0 Å². The Bertz CT molecular complexity index is 402. The van der Waals surface area contributed by atoms with Crippen molar-refractivity contribution < 1.29 is 0 Å². The highest BCUT2D eigenvalue weighted by molar-refractivity contribution is 5.27. The maximum Gasteiger partial charge on any atom is 0.0240 e. The molecule has 0 amide bonds. The molecule has 0 spiro atoms. The van der Waals surface area contributed by atoms with Crippen LogP contribution in [0.3, 0.4) is 0 Å². The van der Waals surface area contributed by atoms with Gasteiger partial charge < -0.3 is 5.32 Å². The SMILES string of the molecule is CCCC1CN(Cc2ccccc2CC)C(CC)CN1. The molecule has 1 heterocycles. The van der Waals surface area contributed by atoms with E-state index in [2.05, 4.69) is 55.3 Å². The molecule has 1 aliphatic rings. The van der Waals surface area contributed by atoms with E-state index in [4.69, 9.17) is 0 Å². The van der Waals surface area contributed by atoms with Gasteiger partial charge in [0.1, 0.15) is 0 Å². The molecule has 0 aromatic heterocycles. The van der Waals surface area contributed by atoms with Gasteiger partial charge in [-0.2, -0.15) is 0 Å². The van der Waals surface area contributed by atoms with E-state index in [1.807, 2.05) is 0 Å². The summed E-state index contributed by atoms with van der Waals surface area (Å²) < 4.78 is 0. The first-order valence-corrected chi connectivity index (χ1v) is 8.32. The summed E-state index contributed by atoms with van der Waals surface area (Å²) in [7, 11) is 0. The molecule has 20 heavy (non-hydrogen) atoms. The predicted molar refractivity (Wildman–Crippen MR) is 87.0 cm³/mol. The van der Waals surface area contributed by atoms with Crippen molar-refractivity contribution in [2.45, 2.75) is 65.1 Å². The van der Waals surface area contributed by atoms with Crippen molar-refractivity contribution >= 4 is 0 Å². The molecule has 2 atom stereocenters. The minimum atomic E-state index is 0.677. The molecule has 2 rings (SSSR count). The second-order valence-electron chi connectivity index (χ2n) is 6.01. The third-order valence-electron chi connectivity index (χ3n) is 4.59. The molecule has 0 radical (unpaired) electrons. The Labute approximate surface area is 124 Å². The Hall–Kier alpha value is -0.860. The molecule has 1 N–H and O–H groups in total. The van der Waals surface area contributed by atoms with Gasteiger partial charge in [-0.1, -0.05) is 51.5 Å². The molecule has 2 unspecified atom stereocenters. The van der Waals surface area contributed by atoms with Gasteiger partial charge in [-0.15, -0.1) is 0 Å². The Morgan fingerprint density at radius 1 is 1.15 bits per heavy atom. The van der Waals surface area contributed by atoms with Crippen LogP contribution in [-0.4, -0.2) is 30.1 Å². The fourth-order valence-electron chi connectivity index (χ4n) is 3.34. The third kappa shape index (κ3) is 3.83. The molecule has 2 heteroatoms. The van der Waals surface area contributed by atoms with E-state index in [1.165, 1.54) is 36.9 Å². The number of benzene rings is 1. The number of rotatable bonds is 6. The number of nitrogens with one attached hydrogen (secondary N) is 1. The lowest BCUT2D eigenvalue weighted by molar-refractivity contribution is 0.115. The highest BCUT2D eigenvalue weighted by atomic mass is 15.2. The Morgan fingerprint density at radius 2 is 1.90 bits per heavy atom. The van der Waals surface area contributed by atoms with Gasteiger partial charge in [0.15, 0.2) is 0 Å². The highest BCUT2D eigenvalue weighted by Gasteiger charge is 2.26. The first-order chi connectivity index (χ1) is 9.78. The molecule has 1 aromatic rings. The number of hydrogen-bond acceptors (Lipinski definition) is 2. The maximum absolute atomic E-state index is 3.72. The smallest absolute Gasteiger partial charge is 0.0240 e. The van der Waals surface area contributed by atoms with Crippen LogP contribution in [-0.2, 0) is 13.0 Å². The highest BCUT2D eigenvalue weighted by Crippen LogP contribution is 2.19. The molecule has 1 saturated heterocycles. The van der Waals surface area contributed by atoms with Gasteiger partial charge in [0.2, 0.25) is 0 Å². The molecule has 0 aliphatic carbocycles. The zero-order valence-electron chi connectivity index (χ0n) is 13.4. The topological polar surface area (TPSA) is 15.3 Å². The van der Waals surface area contributed by atoms with E-state index in [-0.39, 0.29) is 0 Å². The summed E-state index contributed by atoms with van der Waals surface area (Å²) in [6, 6.07) is 10.3. The Kier molecular flexibility index (Phi) is 6.06. The van der Waals surface area contributed by atoms with Crippen LogP contribution in [0.4, 0.5) is 0 Å². The summed E-state index contributed by atoms with van der Waals surface area (Å²) in [5.74, 6) is 0. The minimum Gasteiger partial charge on any atom is -0.311 e. The predicted octanol–water partition coefficient (Wildman–Crippen LogP) is 3.60. The summed E-state index contributed by atoms with van der Waals surface area (Å²) in [5.41, 5.74) is 3.03. The van der Waals surface area contributed by atoms with Gasteiger partial charge in [0.25, 0.3) is 0 Å². The second kappa shape index (κ2) is 7.80. The van der Waals surface area contributed by atoms with Crippen LogP contribution < -0.4 is 5.32 Å². The normalized spacial score (nSPS) is 23.9. The van der Waals surface area contributed by atoms with Gasteiger partial charge in [-0.3, -0.25) is 4.90 Å². The largest absolute Gasteiger partial charge is 0.311 e. The van der Waals surface area contributed by atoms with E-state index in [0.29, 0.717) is 12.1 Å². The summed E-state index contributed by atoms with van der Waals surface area (Å²) in [5, 5.41) is 3.72. The second-order valence-corrected chi connectivity index (χ2v) is 6.01. The van der Waals surface area contributed by atoms with Crippen LogP contribution in [0, 0.1) is 0 Å². The van der Waals surface area contributed by atoms with Crippen LogP contribution in [0.15, 0.2) is 24.3 Å². The minimum absolute atomic E-state index is 0.677. The first kappa shape index (κ1) is 15.5. The molecular weight excluding hydrogens is 244 g/mol. The fourth-order valence-corrected chi connectivity index (χ4v) is 3.34. The monoisotopic (exact) mass is 274 g/mol. The maximum atomic E-state index is 3.72. The zero-order chi connectivity index (χ0) is 14.4. The molecule has 1 aromatic carbocycles. The van der Waals surface area contributed by atoms with Crippen LogP contribution >= 0.6 is 0 Å². The van der Waals surface area contributed by atoms with Gasteiger partial charge >= 0.3 is 0 Å². The van der Waals surface area contributed by atoms with E-state index < -0.39 is 0 Å². The Balaban J connectivity index is 2.07. The van der Waals surface area contributed by atoms with Crippen molar-refractivity contribution in [1.29, 1.82) is 0 Å².